The quantitative estimate of drug-likeness (QED) is 0.360. The molecule has 4 rings (SSSR count). The SMILES string of the molecule is COc1ncc(NC(=O)c2csc(-c3ccc(F)cc3)n2)cc1S(=O)(=O)Nc1c(C)cccc1C. The molecule has 0 saturated carbocycles. The van der Waals surface area contributed by atoms with Crippen LogP contribution in [0.2, 0.25) is 0 Å². The number of carbonyl (C=O) groups excluding carboxylic acids is 1. The molecular formula is C24H21FN4O4S2. The molecule has 0 atom stereocenters. The van der Waals surface area contributed by atoms with Crippen LogP contribution in [0.25, 0.3) is 10.6 Å². The first-order valence-corrected chi connectivity index (χ1v) is 12.7. The number of aromatic nitrogens is 2. The van der Waals surface area contributed by atoms with Crippen molar-refractivity contribution in [2.24, 2.45) is 0 Å². The lowest BCUT2D eigenvalue weighted by Crippen LogP contribution is -2.18. The molecule has 2 N–H and O–H groups in total. The topological polar surface area (TPSA) is 110 Å². The van der Waals surface area contributed by atoms with Crippen molar-refractivity contribution in [3.63, 3.8) is 0 Å². The van der Waals surface area contributed by atoms with Crippen molar-refractivity contribution in [2.45, 2.75) is 18.7 Å². The van der Waals surface area contributed by atoms with Crippen molar-refractivity contribution < 1.29 is 22.3 Å². The summed E-state index contributed by atoms with van der Waals surface area (Å²) in [7, 11) is -2.78. The number of benzene rings is 2. The van der Waals surface area contributed by atoms with Gasteiger partial charge in [-0.15, -0.1) is 11.3 Å². The summed E-state index contributed by atoms with van der Waals surface area (Å²) in [6, 6.07) is 12.5. The number of hydrogen-bond acceptors (Lipinski definition) is 7. The molecular weight excluding hydrogens is 491 g/mol. The summed E-state index contributed by atoms with van der Waals surface area (Å²) in [5.74, 6) is -1.03. The number of rotatable bonds is 7. The Kier molecular flexibility index (Phi) is 6.81. The highest BCUT2D eigenvalue weighted by Crippen LogP contribution is 2.29. The molecule has 0 radical (unpaired) electrons. The van der Waals surface area contributed by atoms with Crippen LogP contribution in [0.15, 0.2) is 65.0 Å². The lowest BCUT2D eigenvalue weighted by molar-refractivity contribution is 0.102. The lowest BCUT2D eigenvalue weighted by Gasteiger charge is -2.15. The molecule has 0 bridgehead atoms. The van der Waals surface area contributed by atoms with E-state index in [0.717, 1.165) is 11.1 Å². The van der Waals surface area contributed by atoms with Gasteiger partial charge in [0.05, 0.1) is 24.7 Å². The van der Waals surface area contributed by atoms with E-state index in [1.165, 1.54) is 42.8 Å². The number of halogens is 1. The summed E-state index contributed by atoms with van der Waals surface area (Å²) in [4.78, 5) is 20.9. The van der Waals surface area contributed by atoms with Crippen molar-refractivity contribution in [3.8, 4) is 16.5 Å². The van der Waals surface area contributed by atoms with Crippen LogP contribution in [0.4, 0.5) is 15.8 Å². The van der Waals surface area contributed by atoms with Gasteiger partial charge >= 0.3 is 0 Å². The molecule has 0 saturated heterocycles. The monoisotopic (exact) mass is 512 g/mol. The zero-order valence-electron chi connectivity index (χ0n) is 19.0. The Morgan fingerprint density at radius 2 is 1.77 bits per heavy atom. The van der Waals surface area contributed by atoms with E-state index < -0.39 is 15.9 Å². The van der Waals surface area contributed by atoms with Gasteiger partial charge in [0.2, 0.25) is 5.88 Å². The van der Waals surface area contributed by atoms with Crippen LogP contribution in [0.1, 0.15) is 21.6 Å². The second kappa shape index (κ2) is 9.80. The Morgan fingerprint density at radius 3 is 2.43 bits per heavy atom. The van der Waals surface area contributed by atoms with E-state index in [1.54, 1.807) is 43.5 Å². The minimum absolute atomic E-state index is 0.117. The number of nitrogens with zero attached hydrogens (tertiary/aromatic N) is 2. The van der Waals surface area contributed by atoms with Crippen LogP contribution in [0.5, 0.6) is 5.88 Å². The van der Waals surface area contributed by atoms with Gasteiger partial charge in [0, 0.05) is 10.9 Å². The Morgan fingerprint density at radius 1 is 1.09 bits per heavy atom. The van der Waals surface area contributed by atoms with Crippen molar-refractivity contribution in [3.05, 3.63) is 82.7 Å². The number of hydrogen-bond donors (Lipinski definition) is 2. The van der Waals surface area contributed by atoms with Gasteiger partial charge in [-0.1, -0.05) is 18.2 Å². The van der Waals surface area contributed by atoms with E-state index in [9.17, 15) is 17.6 Å². The highest BCUT2D eigenvalue weighted by Gasteiger charge is 2.24. The predicted octanol–water partition coefficient (Wildman–Crippen LogP) is 5.02. The molecule has 2 aromatic heterocycles. The second-order valence-corrected chi connectivity index (χ2v) is 10.1. The van der Waals surface area contributed by atoms with Gasteiger partial charge in [-0.25, -0.2) is 22.8 Å². The van der Waals surface area contributed by atoms with Crippen molar-refractivity contribution >= 4 is 38.6 Å². The van der Waals surface area contributed by atoms with Gasteiger partial charge in [-0.2, -0.15) is 0 Å². The van der Waals surface area contributed by atoms with E-state index in [2.05, 4.69) is 20.0 Å². The van der Waals surface area contributed by atoms with Crippen LogP contribution < -0.4 is 14.8 Å². The fraction of sp³-hybridized carbons (Fsp3) is 0.125. The molecule has 1 amide bonds. The molecule has 0 aliphatic carbocycles. The summed E-state index contributed by atoms with van der Waals surface area (Å²) >= 11 is 1.23. The zero-order chi connectivity index (χ0) is 25.2. The number of carbonyl (C=O) groups is 1. The summed E-state index contributed by atoms with van der Waals surface area (Å²) < 4.78 is 47.3. The smallest absolute Gasteiger partial charge is 0.275 e. The average molecular weight is 513 g/mol. The first-order valence-electron chi connectivity index (χ1n) is 10.3. The molecule has 4 aromatic rings. The maximum Gasteiger partial charge on any atom is 0.275 e. The maximum absolute atomic E-state index is 13.2. The number of anilines is 2. The van der Waals surface area contributed by atoms with Crippen LogP contribution in [-0.2, 0) is 10.0 Å². The number of para-hydroxylation sites is 1. The molecule has 0 unspecified atom stereocenters. The molecule has 0 aliphatic rings. The van der Waals surface area contributed by atoms with Crippen molar-refractivity contribution in [1.29, 1.82) is 0 Å². The zero-order valence-corrected chi connectivity index (χ0v) is 20.6. The van der Waals surface area contributed by atoms with Crippen LogP contribution in [0, 0.1) is 19.7 Å². The predicted molar refractivity (Wildman–Crippen MR) is 133 cm³/mol. The third-order valence-corrected chi connectivity index (χ3v) is 7.34. The number of ether oxygens (including phenoxy) is 1. The van der Waals surface area contributed by atoms with Crippen LogP contribution >= 0.6 is 11.3 Å². The molecule has 0 spiro atoms. The highest BCUT2D eigenvalue weighted by molar-refractivity contribution is 7.92. The van der Waals surface area contributed by atoms with Gasteiger partial charge < -0.3 is 10.1 Å². The number of thiazole rings is 1. The van der Waals surface area contributed by atoms with E-state index in [4.69, 9.17) is 4.74 Å². The summed E-state index contributed by atoms with van der Waals surface area (Å²) in [5.41, 5.74) is 2.92. The third kappa shape index (κ3) is 5.31. The third-order valence-electron chi connectivity index (χ3n) is 5.10. The number of aryl methyl sites for hydroxylation is 2. The maximum atomic E-state index is 13.2. The first kappa shape index (κ1) is 24.3. The highest BCUT2D eigenvalue weighted by atomic mass is 32.2. The number of amides is 1. The van der Waals surface area contributed by atoms with E-state index >= 15 is 0 Å². The minimum atomic E-state index is -4.09. The average Bonchev–Trinajstić information content (AvgIpc) is 3.32. The van der Waals surface area contributed by atoms with Gasteiger partial charge in [0.25, 0.3) is 15.9 Å². The lowest BCUT2D eigenvalue weighted by atomic mass is 10.1. The number of pyridine rings is 1. The molecule has 180 valence electrons. The van der Waals surface area contributed by atoms with Crippen LogP contribution in [-0.4, -0.2) is 31.4 Å². The Bertz CT molecular complexity index is 1480. The Hall–Kier alpha value is -3.83. The summed E-state index contributed by atoms with van der Waals surface area (Å²) in [6.45, 7) is 3.59. The normalized spacial score (nSPS) is 11.2. The molecule has 0 fully saturated rings. The molecule has 0 aliphatic heterocycles. The summed E-state index contributed by atoms with van der Waals surface area (Å²) in [5, 5.41) is 4.72. The fourth-order valence-electron chi connectivity index (χ4n) is 3.31. The van der Waals surface area contributed by atoms with E-state index in [0.29, 0.717) is 16.3 Å². The Labute approximate surface area is 205 Å². The number of sulfonamides is 1. The molecule has 2 heterocycles. The largest absolute Gasteiger partial charge is 0.480 e. The van der Waals surface area contributed by atoms with Gasteiger partial charge in [0.15, 0.2) is 4.90 Å². The Balaban J connectivity index is 1.59. The molecule has 2 aromatic carbocycles. The van der Waals surface area contributed by atoms with Crippen molar-refractivity contribution in [1.82, 2.24) is 9.97 Å². The van der Waals surface area contributed by atoms with Crippen molar-refractivity contribution in [2.75, 3.05) is 17.1 Å². The van der Waals surface area contributed by atoms with Gasteiger partial charge in [0.1, 0.15) is 16.5 Å². The fourth-order valence-corrected chi connectivity index (χ4v) is 5.46. The first-order chi connectivity index (χ1) is 16.7. The minimum Gasteiger partial charge on any atom is -0.480 e. The number of nitrogens with one attached hydrogen (secondary N) is 2. The summed E-state index contributed by atoms with van der Waals surface area (Å²) in [6.07, 6.45) is 1.29. The standard InChI is InChI=1S/C24H21FN4O4S2/c1-14-5-4-6-15(2)21(14)29-35(31,32)20-11-18(12-26-23(20)33-3)27-22(30)19-13-34-24(28-19)16-7-9-17(25)10-8-16/h4-13,29H,1-3H3,(H,27,30). The van der Waals surface area contributed by atoms with Gasteiger partial charge in [-0.3, -0.25) is 9.52 Å². The van der Waals surface area contributed by atoms with E-state index in [-0.39, 0.29) is 28.0 Å². The second-order valence-electron chi connectivity index (χ2n) is 7.60. The molecule has 11 heteroatoms. The van der Waals surface area contributed by atoms with Gasteiger partial charge in [-0.05, 0) is 55.3 Å². The molecule has 35 heavy (non-hydrogen) atoms. The van der Waals surface area contributed by atoms with E-state index in [1.807, 2.05) is 6.07 Å². The van der Waals surface area contributed by atoms with Crippen LogP contribution in [0.3, 0.4) is 0 Å². The molecule has 8 nitrogen and oxygen atoms in total. The number of methoxy groups -OCH3 is 1.